The van der Waals surface area contributed by atoms with Crippen LogP contribution in [0, 0.1) is 11.8 Å². The van der Waals surface area contributed by atoms with E-state index in [-0.39, 0.29) is 17.7 Å². The number of halogens is 1. The standard InChI is InChI=1S/C10H16FNO4S/c11-17(14,15)7-8-5-12(6-8)10(13)9-1-3-16-4-2-9/h8-9H,1-7H2. The van der Waals surface area contributed by atoms with Crippen molar-refractivity contribution in [2.24, 2.45) is 11.8 Å². The Hall–Kier alpha value is -0.690. The minimum atomic E-state index is -4.42. The molecule has 2 rings (SSSR count). The summed E-state index contributed by atoms with van der Waals surface area (Å²) in [6.07, 6.45) is 1.45. The van der Waals surface area contributed by atoms with Gasteiger partial charge in [-0.05, 0) is 12.8 Å². The molecule has 0 aromatic carbocycles. The van der Waals surface area contributed by atoms with Crippen molar-refractivity contribution in [3.8, 4) is 0 Å². The second-order valence-corrected chi connectivity index (χ2v) is 6.11. The zero-order valence-electron chi connectivity index (χ0n) is 9.47. The van der Waals surface area contributed by atoms with Crippen LogP contribution in [0.25, 0.3) is 0 Å². The Kier molecular flexibility index (Phi) is 3.67. The highest BCUT2D eigenvalue weighted by atomic mass is 32.3. The van der Waals surface area contributed by atoms with Crippen LogP contribution >= 0.6 is 0 Å². The Morgan fingerprint density at radius 1 is 1.29 bits per heavy atom. The predicted octanol–water partition coefficient (Wildman–Crippen LogP) is 0.171. The van der Waals surface area contributed by atoms with E-state index >= 15 is 0 Å². The molecule has 17 heavy (non-hydrogen) atoms. The highest BCUT2D eigenvalue weighted by Crippen LogP contribution is 2.24. The SMILES string of the molecule is O=C(C1CCOCC1)N1CC(CS(=O)(=O)F)C1. The van der Waals surface area contributed by atoms with Crippen LogP contribution in [-0.2, 0) is 19.8 Å². The molecule has 2 fully saturated rings. The van der Waals surface area contributed by atoms with E-state index in [2.05, 4.69) is 0 Å². The fraction of sp³-hybridized carbons (Fsp3) is 0.900. The van der Waals surface area contributed by atoms with Gasteiger partial charge in [-0.15, -0.1) is 3.89 Å². The van der Waals surface area contributed by atoms with E-state index in [0.717, 1.165) is 12.8 Å². The van der Waals surface area contributed by atoms with E-state index in [1.165, 1.54) is 0 Å². The molecule has 0 aromatic heterocycles. The molecule has 1 amide bonds. The third kappa shape index (κ3) is 3.38. The Morgan fingerprint density at radius 2 is 1.88 bits per heavy atom. The van der Waals surface area contributed by atoms with Crippen molar-refractivity contribution in [3.05, 3.63) is 0 Å². The molecule has 0 aromatic rings. The van der Waals surface area contributed by atoms with Crippen molar-refractivity contribution in [3.63, 3.8) is 0 Å². The third-order valence-electron chi connectivity index (χ3n) is 3.27. The summed E-state index contributed by atoms with van der Waals surface area (Å²) in [6.45, 7) is 1.93. The lowest BCUT2D eigenvalue weighted by atomic mass is 9.94. The maximum Gasteiger partial charge on any atom is 0.302 e. The molecule has 2 aliphatic rings. The fourth-order valence-corrected chi connectivity index (χ4v) is 3.11. The van der Waals surface area contributed by atoms with Crippen LogP contribution in [0.3, 0.4) is 0 Å². The van der Waals surface area contributed by atoms with Crippen LogP contribution in [0.1, 0.15) is 12.8 Å². The largest absolute Gasteiger partial charge is 0.381 e. The number of rotatable bonds is 3. The molecule has 5 nitrogen and oxygen atoms in total. The first-order valence-electron chi connectivity index (χ1n) is 5.74. The average molecular weight is 265 g/mol. The molecule has 2 heterocycles. The van der Waals surface area contributed by atoms with Gasteiger partial charge in [0.1, 0.15) is 0 Å². The number of likely N-dealkylation sites (tertiary alicyclic amines) is 1. The number of carbonyl (C=O) groups is 1. The number of carbonyl (C=O) groups excluding carboxylic acids is 1. The predicted molar refractivity (Wildman–Crippen MR) is 58.5 cm³/mol. The molecule has 2 saturated heterocycles. The first kappa shape index (κ1) is 12.8. The second kappa shape index (κ2) is 4.89. The molecule has 0 saturated carbocycles. The number of nitrogens with zero attached hydrogens (tertiary/aromatic N) is 1. The minimum absolute atomic E-state index is 0.00770. The van der Waals surface area contributed by atoms with Crippen LogP contribution < -0.4 is 0 Å². The van der Waals surface area contributed by atoms with Gasteiger partial charge in [0.15, 0.2) is 0 Å². The molecular weight excluding hydrogens is 249 g/mol. The quantitative estimate of drug-likeness (QED) is 0.682. The van der Waals surface area contributed by atoms with E-state index in [0.29, 0.717) is 26.3 Å². The molecule has 0 unspecified atom stereocenters. The van der Waals surface area contributed by atoms with E-state index < -0.39 is 16.0 Å². The van der Waals surface area contributed by atoms with Crippen LogP contribution in [0.5, 0.6) is 0 Å². The van der Waals surface area contributed by atoms with Gasteiger partial charge in [0.2, 0.25) is 5.91 Å². The van der Waals surface area contributed by atoms with Crippen LogP contribution in [0.4, 0.5) is 3.89 Å². The molecule has 0 aliphatic carbocycles. The van der Waals surface area contributed by atoms with Crippen molar-refractivity contribution in [2.75, 3.05) is 32.1 Å². The van der Waals surface area contributed by atoms with Gasteiger partial charge in [0, 0.05) is 38.1 Å². The summed E-state index contributed by atoms with van der Waals surface area (Å²) in [5, 5.41) is 0. The van der Waals surface area contributed by atoms with Crippen molar-refractivity contribution in [2.45, 2.75) is 12.8 Å². The molecule has 2 aliphatic heterocycles. The Balaban J connectivity index is 1.77. The summed E-state index contributed by atoms with van der Waals surface area (Å²) in [6, 6.07) is 0. The number of hydrogen-bond donors (Lipinski definition) is 0. The monoisotopic (exact) mass is 265 g/mol. The van der Waals surface area contributed by atoms with E-state index in [1.807, 2.05) is 0 Å². The van der Waals surface area contributed by atoms with Crippen molar-refractivity contribution in [1.82, 2.24) is 4.90 Å². The van der Waals surface area contributed by atoms with E-state index in [4.69, 9.17) is 4.74 Å². The lowest BCUT2D eigenvalue weighted by molar-refractivity contribution is -0.144. The van der Waals surface area contributed by atoms with Crippen LogP contribution in [0.2, 0.25) is 0 Å². The zero-order chi connectivity index (χ0) is 12.5. The van der Waals surface area contributed by atoms with E-state index in [1.54, 1.807) is 4.90 Å². The smallest absolute Gasteiger partial charge is 0.302 e. The fourth-order valence-electron chi connectivity index (χ4n) is 2.34. The van der Waals surface area contributed by atoms with E-state index in [9.17, 15) is 17.1 Å². The van der Waals surface area contributed by atoms with Gasteiger partial charge in [0.05, 0.1) is 5.75 Å². The molecule has 98 valence electrons. The van der Waals surface area contributed by atoms with Gasteiger partial charge >= 0.3 is 10.2 Å². The molecule has 0 N–H and O–H groups in total. The van der Waals surface area contributed by atoms with Gasteiger partial charge in [-0.25, -0.2) is 0 Å². The van der Waals surface area contributed by atoms with Crippen LogP contribution in [-0.4, -0.2) is 51.3 Å². The van der Waals surface area contributed by atoms with Crippen molar-refractivity contribution < 1.29 is 21.8 Å². The molecule has 7 heteroatoms. The molecule has 0 atom stereocenters. The zero-order valence-corrected chi connectivity index (χ0v) is 10.3. The molecule has 0 bridgehead atoms. The molecule has 0 spiro atoms. The van der Waals surface area contributed by atoms with Gasteiger partial charge < -0.3 is 9.64 Å². The first-order valence-corrected chi connectivity index (χ1v) is 7.30. The van der Waals surface area contributed by atoms with Crippen molar-refractivity contribution >= 4 is 16.1 Å². The Labute approximate surface area is 100 Å². The summed E-state index contributed by atoms with van der Waals surface area (Å²) in [7, 11) is -4.42. The average Bonchev–Trinajstić information content (AvgIpc) is 2.22. The minimum Gasteiger partial charge on any atom is -0.381 e. The van der Waals surface area contributed by atoms with Gasteiger partial charge in [-0.2, -0.15) is 8.42 Å². The lowest BCUT2D eigenvalue weighted by Crippen LogP contribution is -2.54. The number of hydrogen-bond acceptors (Lipinski definition) is 4. The Morgan fingerprint density at radius 3 is 2.41 bits per heavy atom. The van der Waals surface area contributed by atoms with Gasteiger partial charge in [-0.3, -0.25) is 4.79 Å². The normalized spacial score (nSPS) is 23.5. The maximum atomic E-state index is 12.4. The summed E-state index contributed by atoms with van der Waals surface area (Å²) in [5.41, 5.74) is 0. The van der Waals surface area contributed by atoms with Gasteiger partial charge in [0.25, 0.3) is 0 Å². The Bertz CT molecular complexity index is 385. The third-order valence-corrected chi connectivity index (χ3v) is 4.14. The highest BCUT2D eigenvalue weighted by molar-refractivity contribution is 7.86. The van der Waals surface area contributed by atoms with Crippen molar-refractivity contribution in [1.29, 1.82) is 0 Å². The second-order valence-electron chi connectivity index (χ2n) is 4.70. The van der Waals surface area contributed by atoms with Crippen LogP contribution in [0.15, 0.2) is 0 Å². The number of amides is 1. The summed E-state index contributed by atoms with van der Waals surface area (Å²) in [5.74, 6) is -0.661. The summed E-state index contributed by atoms with van der Waals surface area (Å²) in [4.78, 5) is 13.5. The maximum absolute atomic E-state index is 12.4. The summed E-state index contributed by atoms with van der Waals surface area (Å²) < 4.78 is 38.4. The van der Waals surface area contributed by atoms with Gasteiger partial charge in [-0.1, -0.05) is 0 Å². The molecule has 0 radical (unpaired) electrons. The topological polar surface area (TPSA) is 63.7 Å². The first-order chi connectivity index (χ1) is 7.96. The lowest BCUT2D eigenvalue weighted by Gasteiger charge is -2.41. The highest BCUT2D eigenvalue weighted by Gasteiger charge is 2.37. The molecular formula is C10H16FNO4S. The number of ether oxygens (including phenoxy) is 1. The summed E-state index contributed by atoms with van der Waals surface area (Å²) >= 11 is 0.